The zero-order valence-corrected chi connectivity index (χ0v) is 14.0. The van der Waals surface area contributed by atoms with Crippen LogP contribution in [-0.4, -0.2) is 23.2 Å². The molecule has 4 rings (SSSR count). The Morgan fingerprint density at radius 1 is 1.12 bits per heavy atom. The number of hydrogen-bond acceptors (Lipinski definition) is 4. The number of aromatic nitrogens is 1. The molecule has 0 saturated carbocycles. The number of anilines is 1. The molecule has 6 nitrogen and oxygen atoms in total. The number of ether oxygens (including phenoxy) is 2. The van der Waals surface area contributed by atoms with Gasteiger partial charge < -0.3 is 14.8 Å². The summed E-state index contributed by atoms with van der Waals surface area (Å²) in [4.78, 5) is 24.6. The standard InChI is InChI=1S/C18H13ClN2O4/c1-10(22)21-8-14(13-6-11(19)2-4-15(13)21)18(23)20-12-3-5-16-17(7-12)25-9-24-16/h2-8H,9H2,1H3,(H,20,23). The van der Waals surface area contributed by atoms with Gasteiger partial charge in [0.2, 0.25) is 12.7 Å². The molecule has 1 aliphatic rings. The van der Waals surface area contributed by atoms with Crippen LogP contribution in [0.15, 0.2) is 42.6 Å². The molecule has 2 heterocycles. The summed E-state index contributed by atoms with van der Waals surface area (Å²) in [6.07, 6.45) is 1.52. The fourth-order valence-corrected chi connectivity index (χ4v) is 2.99. The first-order valence-electron chi connectivity index (χ1n) is 7.55. The first-order valence-corrected chi connectivity index (χ1v) is 7.93. The summed E-state index contributed by atoms with van der Waals surface area (Å²) in [6, 6.07) is 10.2. The van der Waals surface area contributed by atoms with Crippen LogP contribution in [0.3, 0.4) is 0 Å². The number of hydrogen-bond donors (Lipinski definition) is 1. The lowest BCUT2D eigenvalue weighted by Crippen LogP contribution is -2.11. The van der Waals surface area contributed by atoms with Gasteiger partial charge >= 0.3 is 0 Å². The van der Waals surface area contributed by atoms with E-state index in [2.05, 4.69) is 5.32 Å². The van der Waals surface area contributed by atoms with Crippen molar-refractivity contribution < 1.29 is 19.1 Å². The lowest BCUT2D eigenvalue weighted by Gasteiger charge is -2.05. The number of fused-ring (bicyclic) bond motifs is 2. The van der Waals surface area contributed by atoms with Crippen molar-refractivity contribution in [3.8, 4) is 11.5 Å². The van der Waals surface area contributed by atoms with Crippen LogP contribution >= 0.6 is 11.6 Å². The van der Waals surface area contributed by atoms with Crippen LogP contribution in [0.2, 0.25) is 5.02 Å². The van der Waals surface area contributed by atoms with E-state index in [0.29, 0.717) is 38.7 Å². The summed E-state index contributed by atoms with van der Waals surface area (Å²) in [5, 5.41) is 3.91. The summed E-state index contributed by atoms with van der Waals surface area (Å²) >= 11 is 6.05. The molecule has 0 radical (unpaired) electrons. The SMILES string of the molecule is CC(=O)n1cc(C(=O)Nc2ccc3c(c2)OCO3)c2cc(Cl)ccc21. The third-order valence-corrected chi connectivity index (χ3v) is 4.22. The Kier molecular flexibility index (Phi) is 3.62. The molecule has 126 valence electrons. The van der Waals surface area contributed by atoms with Gasteiger partial charge in [-0.25, -0.2) is 0 Å². The molecule has 0 fully saturated rings. The zero-order chi connectivity index (χ0) is 17.6. The molecule has 0 spiro atoms. The minimum absolute atomic E-state index is 0.164. The van der Waals surface area contributed by atoms with Gasteiger partial charge in [0.1, 0.15) is 0 Å². The van der Waals surface area contributed by atoms with Gasteiger partial charge in [0.25, 0.3) is 5.91 Å². The lowest BCUT2D eigenvalue weighted by atomic mass is 10.1. The maximum atomic E-state index is 12.7. The molecule has 25 heavy (non-hydrogen) atoms. The molecule has 0 saturated heterocycles. The van der Waals surface area contributed by atoms with Crippen molar-refractivity contribution in [2.24, 2.45) is 0 Å². The Hall–Kier alpha value is -2.99. The van der Waals surface area contributed by atoms with Gasteiger partial charge in [-0.1, -0.05) is 11.6 Å². The molecule has 2 aromatic carbocycles. The van der Waals surface area contributed by atoms with E-state index in [1.807, 2.05) is 0 Å². The molecule has 1 aromatic heterocycles. The summed E-state index contributed by atoms with van der Waals surface area (Å²) < 4.78 is 12.0. The highest BCUT2D eigenvalue weighted by Crippen LogP contribution is 2.34. The van der Waals surface area contributed by atoms with Crippen LogP contribution in [0.25, 0.3) is 10.9 Å². The lowest BCUT2D eigenvalue weighted by molar-refractivity contribution is 0.0941. The van der Waals surface area contributed by atoms with E-state index in [1.165, 1.54) is 17.7 Å². The number of nitrogens with zero attached hydrogens (tertiary/aromatic N) is 1. The van der Waals surface area contributed by atoms with Gasteiger partial charge in [0.05, 0.1) is 11.1 Å². The number of amides is 1. The van der Waals surface area contributed by atoms with Crippen molar-refractivity contribution in [2.75, 3.05) is 12.1 Å². The van der Waals surface area contributed by atoms with Gasteiger partial charge in [-0.05, 0) is 30.3 Å². The molecule has 7 heteroatoms. The van der Waals surface area contributed by atoms with E-state index >= 15 is 0 Å². The second-order valence-corrected chi connectivity index (χ2v) is 6.05. The van der Waals surface area contributed by atoms with Crippen molar-refractivity contribution in [2.45, 2.75) is 6.92 Å². The molecule has 1 aliphatic heterocycles. The zero-order valence-electron chi connectivity index (χ0n) is 13.2. The molecule has 1 amide bonds. The minimum atomic E-state index is -0.342. The van der Waals surface area contributed by atoms with E-state index in [-0.39, 0.29) is 18.6 Å². The highest BCUT2D eigenvalue weighted by atomic mass is 35.5. The third kappa shape index (κ3) is 2.70. The average molecular weight is 357 g/mol. The fourth-order valence-electron chi connectivity index (χ4n) is 2.82. The number of nitrogens with one attached hydrogen (secondary N) is 1. The Balaban J connectivity index is 1.72. The Labute approximate surface area is 147 Å². The third-order valence-electron chi connectivity index (χ3n) is 3.98. The summed E-state index contributed by atoms with van der Waals surface area (Å²) in [7, 11) is 0. The first kappa shape index (κ1) is 15.5. The van der Waals surface area contributed by atoms with Gasteiger partial charge in [-0.2, -0.15) is 0 Å². The first-order chi connectivity index (χ1) is 12.0. The van der Waals surface area contributed by atoms with E-state index < -0.39 is 0 Å². The Morgan fingerprint density at radius 3 is 2.72 bits per heavy atom. The van der Waals surface area contributed by atoms with Crippen molar-refractivity contribution in [1.82, 2.24) is 4.57 Å². The maximum Gasteiger partial charge on any atom is 0.257 e. The topological polar surface area (TPSA) is 69.6 Å². The highest BCUT2D eigenvalue weighted by Gasteiger charge is 2.19. The molecule has 1 N–H and O–H groups in total. The van der Waals surface area contributed by atoms with Crippen LogP contribution in [0.5, 0.6) is 11.5 Å². The van der Waals surface area contributed by atoms with Crippen molar-refractivity contribution in [1.29, 1.82) is 0 Å². The van der Waals surface area contributed by atoms with Crippen molar-refractivity contribution >= 4 is 40.0 Å². The van der Waals surface area contributed by atoms with Gasteiger partial charge in [-0.3, -0.25) is 14.2 Å². The quantitative estimate of drug-likeness (QED) is 0.755. The van der Waals surface area contributed by atoms with Crippen LogP contribution < -0.4 is 14.8 Å². The van der Waals surface area contributed by atoms with E-state index in [9.17, 15) is 9.59 Å². The van der Waals surface area contributed by atoms with Gasteiger partial charge in [0, 0.05) is 35.3 Å². The van der Waals surface area contributed by atoms with Crippen LogP contribution in [0.4, 0.5) is 5.69 Å². The number of benzene rings is 2. The molecule has 0 bridgehead atoms. The van der Waals surface area contributed by atoms with Gasteiger partial charge in [-0.15, -0.1) is 0 Å². The van der Waals surface area contributed by atoms with Crippen LogP contribution in [0.1, 0.15) is 22.1 Å². The number of carbonyl (C=O) groups excluding carboxylic acids is 2. The summed E-state index contributed by atoms with van der Waals surface area (Å²) in [5.41, 5.74) is 1.57. The molecular formula is C18H13ClN2O4. The van der Waals surface area contributed by atoms with Crippen molar-refractivity contribution in [3.63, 3.8) is 0 Å². The monoisotopic (exact) mass is 356 g/mol. The van der Waals surface area contributed by atoms with E-state index in [1.54, 1.807) is 36.4 Å². The van der Waals surface area contributed by atoms with E-state index in [0.717, 1.165) is 0 Å². The fraction of sp³-hybridized carbons (Fsp3) is 0.111. The Bertz CT molecular complexity index is 1030. The molecule has 0 atom stereocenters. The maximum absolute atomic E-state index is 12.7. The summed E-state index contributed by atoms with van der Waals surface area (Å²) in [5.74, 6) is 0.686. The van der Waals surface area contributed by atoms with E-state index in [4.69, 9.17) is 21.1 Å². The number of carbonyl (C=O) groups is 2. The van der Waals surface area contributed by atoms with Crippen LogP contribution in [-0.2, 0) is 0 Å². The van der Waals surface area contributed by atoms with Crippen molar-refractivity contribution in [3.05, 3.63) is 53.2 Å². The molecular weight excluding hydrogens is 344 g/mol. The largest absolute Gasteiger partial charge is 0.454 e. The Morgan fingerprint density at radius 2 is 1.92 bits per heavy atom. The average Bonchev–Trinajstić information content (AvgIpc) is 3.18. The minimum Gasteiger partial charge on any atom is -0.454 e. The predicted octanol–water partition coefficient (Wildman–Crippen LogP) is 3.94. The van der Waals surface area contributed by atoms with Gasteiger partial charge in [0.15, 0.2) is 11.5 Å². The normalized spacial score (nSPS) is 12.4. The second kappa shape index (κ2) is 5.82. The molecule has 3 aromatic rings. The second-order valence-electron chi connectivity index (χ2n) is 5.62. The highest BCUT2D eigenvalue weighted by molar-refractivity contribution is 6.31. The number of halogens is 1. The molecule has 0 unspecified atom stereocenters. The predicted molar refractivity (Wildman–Crippen MR) is 93.8 cm³/mol. The summed E-state index contributed by atoms with van der Waals surface area (Å²) in [6.45, 7) is 1.60. The molecule has 0 aliphatic carbocycles. The number of rotatable bonds is 2. The van der Waals surface area contributed by atoms with Crippen LogP contribution in [0, 0.1) is 0 Å². The smallest absolute Gasteiger partial charge is 0.257 e.